The van der Waals surface area contributed by atoms with Crippen molar-refractivity contribution in [2.24, 2.45) is 5.73 Å². The molecule has 0 aromatic heterocycles. The molecule has 6 heteroatoms. The van der Waals surface area contributed by atoms with Crippen molar-refractivity contribution in [1.29, 1.82) is 0 Å². The molecule has 0 fully saturated rings. The molecule has 110 valence electrons. The number of benzene rings is 1. The summed E-state index contributed by atoms with van der Waals surface area (Å²) in [6.07, 6.45) is 2.53. The highest BCUT2D eigenvalue weighted by Crippen LogP contribution is 2.19. The maximum Gasteiger partial charge on any atom is 0.269 e. The molecule has 0 bridgehead atoms. The second-order valence-corrected chi connectivity index (χ2v) is 4.83. The molecule has 1 aromatic carbocycles. The minimum absolute atomic E-state index is 0.0129. The molecule has 1 amide bonds. The number of unbranched alkanes of at least 4 members (excludes halogenated alkanes) is 1. The monoisotopic (exact) mass is 279 g/mol. The number of rotatable bonds is 7. The Hall–Kier alpha value is -1.95. The fourth-order valence-electron chi connectivity index (χ4n) is 1.87. The topological polar surface area (TPSA) is 98.3 Å². The lowest BCUT2D eigenvalue weighted by Crippen LogP contribution is -2.41. The highest BCUT2D eigenvalue weighted by Gasteiger charge is 2.17. The van der Waals surface area contributed by atoms with Gasteiger partial charge in [0.15, 0.2) is 0 Å². The Morgan fingerprint density at radius 1 is 1.50 bits per heavy atom. The fraction of sp³-hybridized carbons (Fsp3) is 0.500. The molecule has 20 heavy (non-hydrogen) atoms. The molecule has 0 aliphatic carbocycles. The number of nitrogens with two attached hydrogens (primary N) is 1. The SMILES string of the molecule is CCCC[C@H](N)C(=O)NC(C)c1cccc([N+](=O)[O-])c1. The predicted octanol–water partition coefficient (Wildman–Crippen LogP) is 2.29. The second kappa shape index (κ2) is 7.59. The first-order chi connectivity index (χ1) is 9.45. The lowest BCUT2D eigenvalue weighted by Gasteiger charge is -2.17. The van der Waals surface area contributed by atoms with Gasteiger partial charge in [0.05, 0.1) is 17.0 Å². The van der Waals surface area contributed by atoms with Gasteiger partial charge in [0, 0.05) is 12.1 Å². The van der Waals surface area contributed by atoms with E-state index < -0.39 is 11.0 Å². The van der Waals surface area contributed by atoms with Gasteiger partial charge in [-0.15, -0.1) is 0 Å². The molecule has 0 spiro atoms. The summed E-state index contributed by atoms with van der Waals surface area (Å²) in [6, 6.07) is 5.39. The van der Waals surface area contributed by atoms with E-state index in [1.54, 1.807) is 19.1 Å². The first kappa shape index (κ1) is 16.1. The lowest BCUT2D eigenvalue weighted by atomic mass is 10.1. The minimum atomic E-state index is -0.531. The van der Waals surface area contributed by atoms with Crippen molar-refractivity contribution < 1.29 is 9.72 Å². The van der Waals surface area contributed by atoms with Crippen LogP contribution in [0.4, 0.5) is 5.69 Å². The molecule has 0 heterocycles. The van der Waals surface area contributed by atoms with Gasteiger partial charge in [-0.1, -0.05) is 31.9 Å². The zero-order valence-corrected chi connectivity index (χ0v) is 11.8. The van der Waals surface area contributed by atoms with E-state index in [1.165, 1.54) is 12.1 Å². The van der Waals surface area contributed by atoms with Crippen molar-refractivity contribution in [2.75, 3.05) is 0 Å². The number of amides is 1. The Labute approximate surface area is 118 Å². The summed E-state index contributed by atoms with van der Waals surface area (Å²) in [6.45, 7) is 3.82. The summed E-state index contributed by atoms with van der Waals surface area (Å²) >= 11 is 0. The average Bonchev–Trinajstić information content (AvgIpc) is 2.44. The zero-order chi connectivity index (χ0) is 15.1. The average molecular weight is 279 g/mol. The minimum Gasteiger partial charge on any atom is -0.348 e. The lowest BCUT2D eigenvalue weighted by molar-refractivity contribution is -0.384. The van der Waals surface area contributed by atoms with E-state index in [4.69, 9.17) is 5.73 Å². The van der Waals surface area contributed by atoms with Crippen LogP contribution >= 0.6 is 0 Å². The number of hydrogen-bond acceptors (Lipinski definition) is 4. The molecule has 3 N–H and O–H groups in total. The van der Waals surface area contributed by atoms with Crippen molar-refractivity contribution in [2.45, 2.75) is 45.2 Å². The van der Waals surface area contributed by atoms with Gasteiger partial charge in [-0.05, 0) is 18.9 Å². The third kappa shape index (κ3) is 4.62. The molecule has 0 radical (unpaired) electrons. The molecular weight excluding hydrogens is 258 g/mol. The molecule has 2 atom stereocenters. The third-order valence-corrected chi connectivity index (χ3v) is 3.15. The van der Waals surface area contributed by atoms with Crippen LogP contribution < -0.4 is 11.1 Å². The molecule has 1 unspecified atom stereocenters. The molecule has 6 nitrogen and oxygen atoms in total. The molecule has 1 aromatic rings. The van der Waals surface area contributed by atoms with Crippen molar-refractivity contribution in [1.82, 2.24) is 5.32 Å². The Morgan fingerprint density at radius 2 is 2.20 bits per heavy atom. The summed E-state index contributed by atoms with van der Waals surface area (Å²) in [5.74, 6) is -0.225. The highest BCUT2D eigenvalue weighted by atomic mass is 16.6. The smallest absolute Gasteiger partial charge is 0.269 e. The van der Waals surface area contributed by atoms with Crippen LogP contribution in [-0.2, 0) is 4.79 Å². The van der Waals surface area contributed by atoms with Gasteiger partial charge in [0.2, 0.25) is 5.91 Å². The maximum absolute atomic E-state index is 11.9. The van der Waals surface area contributed by atoms with E-state index in [9.17, 15) is 14.9 Å². The summed E-state index contributed by atoms with van der Waals surface area (Å²) in [7, 11) is 0. The van der Waals surface area contributed by atoms with Crippen LogP contribution in [0.15, 0.2) is 24.3 Å². The first-order valence-electron chi connectivity index (χ1n) is 6.76. The van der Waals surface area contributed by atoms with Gasteiger partial charge in [-0.3, -0.25) is 14.9 Å². The van der Waals surface area contributed by atoms with E-state index in [1.807, 2.05) is 6.92 Å². The Bertz CT molecular complexity index is 476. The van der Waals surface area contributed by atoms with E-state index >= 15 is 0 Å². The Balaban J connectivity index is 2.66. The number of nitrogens with one attached hydrogen (secondary N) is 1. The van der Waals surface area contributed by atoms with E-state index in [2.05, 4.69) is 5.32 Å². The van der Waals surface area contributed by atoms with E-state index in [0.29, 0.717) is 12.0 Å². The van der Waals surface area contributed by atoms with Gasteiger partial charge in [0.25, 0.3) is 5.69 Å². The molecule has 0 saturated heterocycles. The number of hydrogen-bond donors (Lipinski definition) is 2. The van der Waals surface area contributed by atoms with Crippen LogP contribution in [-0.4, -0.2) is 16.9 Å². The Kier molecular flexibility index (Phi) is 6.11. The van der Waals surface area contributed by atoms with Crippen molar-refractivity contribution >= 4 is 11.6 Å². The summed E-state index contributed by atoms with van der Waals surface area (Å²) in [5, 5.41) is 13.5. The second-order valence-electron chi connectivity index (χ2n) is 4.83. The highest BCUT2D eigenvalue weighted by molar-refractivity contribution is 5.81. The largest absolute Gasteiger partial charge is 0.348 e. The number of carbonyl (C=O) groups is 1. The number of nitro groups is 1. The molecule has 0 aliphatic rings. The van der Waals surface area contributed by atoms with Crippen molar-refractivity contribution in [3.8, 4) is 0 Å². The maximum atomic E-state index is 11.9. The predicted molar refractivity (Wildman–Crippen MR) is 77.2 cm³/mol. The van der Waals surface area contributed by atoms with Crippen LogP contribution in [0.1, 0.15) is 44.7 Å². The number of nitrogens with zero attached hydrogens (tertiary/aromatic N) is 1. The standard InChI is InChI=1S/C14H21N3O3/c1-3-4-8-13(15)14(18)16-10(2)11-6-5-7-12(9-11)17(19)20/h5-7,9-10,13H,3-4,8,15H2,1-2H3,(H,16,18)/t10?,13-/m0/s1. The summed E-state index contributed by atoms with van der Waals surface area (Å²) in [5.41, 5.74) is 6.49. The van der Waals surface area contributed by atoms with E-state index in [0.717, 1.165) is 12.8 Å². The molecule has 0 saturated carbocycles. The molecule has 0 aliphatic heterocycles. The van der Waals surface area contributed by atoms with Crippen LogP contribution in [0.3, 0.4) is 0 Å². The van der Waals surface area contributed by atoms with Gasteiger partial charge >= 0.3 is 0 Å². The van der Waals surface area contributed by atoms with Gasteiger partial charge < -0.3 is 11.1 Å². The normalized spacial score (nSPS) is 13.6. The Morgan fingerprint density at radius 3 is 2.80 bits per heavy atom. The summed E-state index contributed by atoms with van der Waals surface area (Å²) < 4.78 is 0. The van der Waals surface area contributed by atoms with Crippen molar-refractivity contribution in [3.63, 3.8) is 0 Å². The number of non-ortho nitro benzene ring substituents is 1. The van der Waals surface area contributed by atoms with Gasteiger partial charge in [-0.25, -0.2) is 0 Å². The zero-order valence-electron chi connectivity index (χ0n) is 11.8. The van der Waals surface area contributed by atoms with Gasteiger partial charge in [0.1, 0.15) is 0 Å². The van der Waals surface area contributed by atoms with Crippen LogP contribution in [0, 0.1) is 10.1 Å². The molecular formula is C14H21N3O3. The quantitative estimate of drug-likeness (QED) is 0.591. The molecule has 1 rings (SSSR count). The first-order valence-corrected chi connectivity index (χ1v) is 6.76. The van der Waals surface area contributed by atoms with Crippen LogP contribution in [0.2, 0.25) is 0 Å². The van der Waals surface area contributed by atoms with Gasteiger partial charge in [-0.2, -0.15) is 0 Å². The summed E-state index contributed by atoms with van der Waals surface area (Å²) in [4.78, 5) is 22.2. The fourth-order valence-corrected chi connectivity index (χ4v) is 1.87. The number of carbonyl (C=O) groups excluding carboxylic acids is 1. The number of nitro benzene ring substituents is 1. The van der Waals surface area contributed by atoms with E-state index in [-0.39, 0.29) is 17.6 Å². The van der Waals surface area contributed by atoms with Crippen LogP contribution in [0.5, 0.6) is 0 Å². The third-order valence-electron chi connectivity index (χ3n) is 3.15. The van der Waals surface area contributed by atoms with Crippen LogP contribution in [0.25, 0.3) is 0 Å². The van der Waals surface area contributed by atoms with Crippen molar-refractivity contribution in [3.05, 3.63) is 39.9 Å².